The highest BCUT2D eigenvalue weighted by molar-refractivity contribution is 7.15. The summed E-state index contributed by atoms with van der Waals surface area (Å²) in [5, 5.41) is 4.51. The van der Waals surface area contributed by atoms with E-state index >= 15 is 0 Å². The van der Waals surface area contributed by atoms with Crippen molar-refractivity contribution < 1.29 is 0 Å². The summed E-state index contributed by atoms with van der Waals surface area (Å²) in [5.41, 5.74) is 1.28. The fraction of sp³-hybridized carbons (Fsp3) is 0.786. The summed E-state index contributed by atoms with van der Waals surface area (Å²) in [6.45, 7) is 6.59. The molecule has 0 aliphatic heterocycles. The number of hydrogen-bond donors (Lipinski definition) is 1. The Morgan fingerprint density at radius 3 is 2.72 bits per heavy atom. The average molecular weight is 267 g/mol. The fourth-order valence-electron chi connectivity index (χ4n) is 2.22. The first-order valence-corrected chi connectivity index (χ1v) is 8.01. The summed E-state index contributed by atoms with van der Waals surface area (Å²) in [6.07, 6.45) is 6.29. The van der Waals surface area contributed by atoms with Crippen LogP contribution in [0.15, 0.2) is 0 Å². The zero-order valence-electron chi connectivity index (χ0n) is 11.8. The maximum atomic E-state index is 4.87. The van der Waals surface area contributed by atoms with Crippen molar-refractivity contribution in [1.82, 2.24) is 10.3 Å². The number of unbranched alkanes of at least 4 members (excludes halogenated alkanes) is 1. The molecule has 102 valence electrons. The van der Waals surface area contributed by atoms with Crippen LogP contribution in [-0.2, 0) is 13.0 Å². The van der Waals surface area contributed by atoms with Crippen molar-refractivity contribution in [1.29, 1.82) is 0 Å². The number of nitrogens with one attached hydrogen (secondary N) is 1. The summed E-state index contributed by atoms with van der Waals surface area (Å²) in [7, 11) is 2.01. The van der Waals surface area contributed by atoms with Crippen LogP contribution in [0.3, 0.4) is 0 Å². The minimum atomic E-state index is 0.773. The van der Waals surface area contributed by atoms with E-state index in [0.717, 1.165) is 19.0 Å². The molecule has 2 rings (SSSR count). The van der Waals surface area contributed by atoms with E-state index in [4.69, 9.17) is 4.98 Å². The molecular formula is C14H25N3S. The van der Waals surface area contributed by atoms with Crippen LogP contribution in [0.4, 0.5) is 5.13 Å². The second-order valence-corrected chi connectivity index (χ2v) is 6.09. The summed E-state index contributed by atoms with van der Waals surface area (Å²) in [5.74, 6) is 0. The van der Waals surface area contributed by atoms with Crippen LogP contribution < -0.4 is 10.2 Å². The lowest BCUT2D eigenvalue weighted by Gasteiger charge is -2.20. The maximum Gasteiger partial charge on any atom is 0.186 e. The van der Waals surface area contributed by atoms with Gasteiger partial charge in [-0.15, -0.1) is 11.3 Å². The minimum Gasteiger partial charge on any atom is -0.345 e. The SMILES string of the molecule is CCCCN(c1nc(CC)c(CNC)s1)C1CC1. The predicted molar refractivity (Wildman–Crippen MR) is 79.5 cm³/mol. The summed E-state index contributed by atoms with van der Waals surface area (Å²) in [4.78, 5) is 8.83. The Balaban J connectivity index is 2.13. The van der Waals surface area contributed by atoms with Gasteiger partial charge in [-0.1, -0.05) is 20.3 Å². The number of aryl methyl sites for hydroxylation is 1. The van der Waals surface area contributed by atoms with Gasteiger partial charge in [0.2, 0.25) is 0 Å². The van der Waals surface area contributed by atoms with Crippen molar-refractivity contribution in [2.75, 3.05) is 18.5 Å². The molecule has 18 heavy (non-hydrogen) atoms. The van der Waals surface area contributed by atoms with Crippen LogP contribution in [0.5, 0.6) is 0 Å². The third kappa shape index (κ3) is 3.23. The second kappa shape index (κ2) is 6.53. The Hall–Kier alpha value is -0.610. The normalized spacial score (nSPS) is 15.1. The van der Waals surface area contributed by atoms with Gasteiger partial charge in [-0.05, 0) is 32.7 Å². The predicted octanol–water partition coefficient (Wildman–Crippen LogP) is 3.19. The smallest absolute Gasteiger partial charge is 0.186 e. The van der Waals surface area contributed by atoms with E-state index < -0.39 is 0 Å². The second-order valence-electron chi connectivity index (χ2n) is 5.03. The quantitative estimate of drug-likeness (QED) is 0.784. The van der Waals surface area contributed by atoms with Gasteiger partial charge in [-0.25, -0.2) is 4.98 Å². The van der Waals surface area contributed by atoms with Crippen molar-refractivity contribution in [3.05, 3.63) is 10.6 Å². The molecule has 1 fully saturated rings. The minimum absolute atomic E-state index is 0.773. The molecule has 1 aliphatic carbocycles. The topological polar surface area (TPSA) is 28.2 Å². The van der Waals surface area contributed by atoms with Gasteiger partial charge in [0.25, 0.3) is 0 Å². The monoisotopic (exact) mass is 267 g/mol. The van der Waals surface area contributed by atoms with Gasteiger partial charge in [-0.3, -0.25) is 0 Å². The highest BCUT2D eigenvalue weighted by atomic mass is 32.1. The molecule has 1 aromatic heterocycles. The Morgan fingerprint density at radius 1 is 1.39 bits per heavy atom. The van der Waals surface area contributed by atoms with Crippen LogP contribution in [0.25, 0.3) is 0 Å². The molecule has 0 unspecified atom stereocenters. The molecule has 4 heteroatoms. The molecule has 3 nitrogen and oxygen atoms in total. The molecule has 1 N–H and O–H groups in total. The average Bonchev–Trinajstić information content (AvgIpc) is 3.12. The lowest BCUT2D eigenvalue weighted by atomic mass is 10.3. The van der Waals surface area contributed by atoms with Crippen molar-refractivity contribution in [3.63, 3.8) is 0 Å². The lowest BCUT2D eigenvalue weighted by molar-refractivity contribution is 0.709. The molecule has 1 saturated carbocycles. The van der Waals surface area contributed by atoms with Gasteiger partial charge < -0.3 is 10.2 Å². The molecule has 0 bridgehead atoms. The standard InChI is InChI=1S/C14H25N3S/c1-4-6-9-17(11-7-8-11)14-16-12(5-2)13(18-14)10-15-3/h11,15H,4-10H2,1-3H3. The zero-order valence-corrected chi connectivity index (χ0v) is 12.6. The highest BCUT2D eigenvalue weighted by Gasteiger charge is 2.31. The third-order valence-corrected chi connectivity index (χ3v) is 4.56. The van der Waals surface area contributed by atoms with Crippen molar-refractivity contribution in [3.8, 4) is 0 Å². The van der Waals surface area contributed by atoms with Gasteiger partial charge in [-0.2, -0.15) is 0 Å². The molecule has 0 aromatic carbocycles. The molecule has 0 amide bonds. The van der Waals surface area contributed by atoms with E-state index in [-0.39, 0.29) is 0 Å². The maximum absolute atomic E-state index is 4.87. The molecule has 1 aromatic rings. The number of aromatic nitrogens is 1. The van der Waals surface area contributed by atoms with E-state index in [9.17, 15) is 0 Å². The molecule has 0 atom stereocenters. The van der Waals surface area contributed by atoms with Crippen LogP contribution in [0.1, 0.15) is 50.1 Å². The Kier molecular flexibility index (Phi) is 5.01. The third-order valence-electron chi connectivity index (χ3n) is 3.43. The number of hydrogen-bond acceptors (Lipinski definition) is 4. The van der Waals surface area contributed by atoms with E-state index in [2.05, 4.69) is 24.1 Å². The Morgan fingerprint density at radius 2 is 2.17 bits per heavy atom. The molecule has 1 heterocycles. The highest BCUT2D eigenvalue weighted by Crippen LogP contribution is 2.35. The molecule has 0 radical (unpaired) electrons. The number of anilines is 1. The van der Waals surface area contributed by atoms with Crippen LogP contribution in [0, 0.1) is 0 Å². The van der Waals surface area contributed by atoms with E-state index in [1.165, 1.54) is 47.9 Å². The number of thiazole rings is 1. The lowest BCUT2D eigenvalue weighted by Crippen LogP contribution is -2.26. The molecule has 0 saturated heterocycles. The summed E-state index contributed by atoms with van der Waals surface area (Å²) < 4.78 is 0. The van der Waals surface area contributed by atoms with E-state index in [1.807, 2.05) is 18.4 Å². The van der Waals surface area contributed by atoms with Gasteiger partial charge in [0, 0.05) is 24.0 Å². The fourth-order valence-corrected chi connectivity index (χ4v) is 3.47. The zero-order chi connectivity index (χ0) is 13.0. The van der Waals surface area contributed by atoms with Crippen molar-refractivity contribution >= 4 is 16.5 Å². The van der Waals surface area contributed by atoms with Gasteiger partial charge >= 0.3 is 0 Å². The Labute approximate surface area is 115 Å². The van der Waals surface area contributed by atoms with Gasteiger partial charge in [0.15, 0.2) is 5.13 Å². The molecule has 0 spiro atoms. The van der Waals surface area contributed by atoms with E-state index in [0.29, 0.717) is 0 Å². The van der Waals surface area contributed by atoms with Crippen LogP contribution in [0.2, 0.25) is 0 Å². The van der Waals surface area contributed by atoms with E-state index in [1.54, 1.807) is 0 Å². The summed E-state index contributed by atoms with van der Waals surface area (Å²) >= 11 is 1.89. The molecular weight excluding hydrogens is 242 g/mol. The van der Waals surface area contributed by atoms with Crippen molar-refractivity contribution in [2.24, 2.45) is 0 Å². The summed E-state index contributed by atoms with van der Waals surface area (Å²) in [6, 6.07) is 0.773. The first-order chi connectivity index (χ1) is 8.80. The number of nitrogens with zero attached hydrogens (tertiary/aromatic N) is 2. The first-order valence-electron chi connectivity index (χ1n) is 7.19. The number of rotatable bonds is 8. The largest absolute Gasteiger partial charge is 0.345 e. The van der Waals surface area contributed by atoms with Gasteiger partial charge in [0.1, 0.15) is 0 Å². The van der Waals surface area contributed by atoms with Crippen LogP contribution in [-0.4, -0.2) is 24.6 Å². The Bertz CT molecular complexity index is 371. The first kappa shape index (κ1) is 13.8. The van der Waals surface area contributed by atoms with Crippen molar-refractivity contribution in [2.45, 2.75) is 58.5 Å². The van der Waals surface area contributed by atoms with Crippen LogP contribution >= 0.6 is 11.3 Å². The molecule has 1 aliphatic rings. The van der Waals surface area contributed by atoms with Gasteiger partial charge in [0.05, 0.1) is 5.69 Å².